The van der Waals surface area contributed by atoms with Gasteiger partial charge in [-0.15, -0.1) is 0 Å². The highest BCUT2D eigenvalue weighted by Crippen LogP contribution is 2.22. The van der Waals surface area contributed by atoms with Crippen LogP contribution in [0.15, 0.2) is 24.3 Å². The molecule has 0 radical (unpaired) electrons. The molecule has 1 saturated heterocycles. The van der Waals surface area contributed by atoms with Crippen molar-refractivity contribution in [2.45, 2.75) is 47.5 Å². The van der Waals surface area contributed by atoms with Crippen LogP contribution in [0.3, 0.4) is 0 Å². The highest BCUT2D eigenvalue weighted by molar-refractivity contribution is 5.54. The molecule has 0 unspecified atom stereocenters. The van der Waals surface area contributed by atoms with Crippen molar-refractivity contribution in [3.63, 3.8) is 0 Å². The molecule has 0 N–H and O–H groups in total. The quantitative estimate of drug-likeness (QED) is 0.806. The van der Waals surface area contributed by atoms with Gasteiger partial charge in [-0.05, 0) is 25.1 Å². The van der Waals surface area contributed by atoms with Crippen LogP contribution in [0, 0.1) is 0 Å². The summed E-state index contributed by atoms with van der Waals surface area (Å²) in [5.74, 6) is 0. The Labute approximate surface area is 126 Å². The molecule has 116 valence electrons. The van der Waals surface area contributed by atoms with Crippen LogP contribution >= 0.6 is 0 Å². The number of hydrogen-bond acceptors (Lipinski definition) is 2. The first kappa shape index (κ1) is 19.0. The van der Waals surface area contributed by atoms with Gasteiger partial charge in [-0.25, -0.2) is 0 Å². The molecule has 2 rings (SSSR count). The van der Waals surface area contributed by atoms with Gasteiger partial charge in [0.1, 0.15) is 0 Å². The second-order valence-corrected chi connectivity index (χ2v) is 4.67. The molecule has 1 heterocycles. The molecule has 0 atom stereocenters. The van der Waals surface area contributed by atoms with E-state index in [2.05, 4.69) is 48.0 Å². The third-order valence-corrected chi connectivity index (χ3v) is 3.35. The Bertz CT molecular complexity index is 328. The van der Waals surface area contributed by atoms with Crippen LogP contribution in [0.4, 0.5) is 5.69 Å². The van der Waals surface area contributed by atoms with Crippen molar-refractivity contribution in [3.05, 3.63) is 29.8 Å². The SMILES string of the molecule is CC.CC.CCCc1ccccc1N1CCN(C)CC1. The highest BCUT2D eigenvalue weighted by atomic mass is 15.2. The maximum Gasteiger partial charge on any atom is 0.0399 e. The molecule has 20 heavy (non-hydrogen) atoms. The average molecular weight is 278 g/mol. The van der Waals surface area contributed by atoms with E-state index in [0.717, 1.165) is 13.1 Å². The van der Waals surface area contributed by atoms with Crippen molar-refractivity contribution in [1.29, 1.82) is 0 Å². The highest BCUT2D eigenvalue weighted by Gasteiger charge is 2.15. The monoisotopic (exact) mass is 278 g/mol. The topological polar surface area (TPSA) is 6.48 Å². The summed E-state index contributed by atoms with van der Waals surface area (Å²) >= 11 is 0. The van der Waals surface area contributed by atoms with Crippen molar-refractivity contribution in [3.8, 4) is 0 Å². The van der Waals surface area contributed by atoms with Crippen molar-refractivity contribution in [1.82, 2.24) is 4.90 Å². The van der Waals surface area contributed by atoms with E-state index in [0.29, 0.717) is 0 Å². The first-order chi connectivity index (χ1) is 9.81. The number of aryl methyl sites for hydroxylation is 1. The van der Waals surface area contributed by atoms with Gasteiger partial charge in [0.05, 0.1) is 0 Å². The van der Waals surface area contributed by atoms with E-state index >= 15 is 0 Å². The molecule has 2 nitrogen and oxygen atoms in total. The van der Waals surface area contributed by atoms with Crippen molar-refractivity contribution < 1.29 is 0 Å². The maximum atomic E-state index is 2.53. The predicted molar refractivity (Wildman–Crippen MR) is 92.8 cm³/mol. The van der Waals surface area contributed by atoms with E-state index in [-0.39, 0.29) is 0 Å². The number of anilines is 1. The largest absolute Gasteiger partial charge is 0.369 e. The molecule has 2 heteroatoms. The zero-order valence-electron chi connectivity index (χ0n) is 14.4. The Morgan fingerprint density at radius 1 is 0.900 bits per heavy atom. The maximum absolute atomic E-state index is 2.53. The lowest BCUT2D eigenvalue weighted by atomic mass is 10.1. The van der Waals surface area contributed by atoms with Gasteiger partial charge in [-0.3, -0.25) is 0 Å². The molecule has 0 aliphatic carbocycles. The number of hydrogen-bond donors (Lipinski definition) is 0. The molecule has 1 fully saturated rings. The zero-order chi connectivity index (χ0) is 15.4. The number of para-hydroxylation sites is 1. The second kappa shape index (κ2) is 11.8. The fraction of sp³-hybridized carbons (Fsp3) is 0.667. The van der Waals surface area contributed by atoms with E-state index < -0.39 is 0 Å². The number of piperazine rings is 1. The van der Waals surface area contributed by atoms with E-state index in [9.17, 15) is 0 Å². The summed E-state index contributed by atoms with van der Waals surface area (Å²) in [4.78, 5) is 4.93. The van der Waals surface area contributed by atoms with Crippen LogP contribution in [-0.2, 0) is 6.42 Å². The van der Waals surface area contributed by atoms with Gasteiger partial charge in [0, 0.05) is 31.9 Å². The standard InChI is InChI=1S/C14H22N2.2C2H6/c1-3-6-13-7-4-5-8-14(13)16-11-9-15(2)10-12-16;2*1-2/h4-5,7-8H,3,6,9-12H2,1-2H3;2*1-2H3. The molecule has 1 aromatic carbocycles. The summed E-state index contributed by atoms with van der Waals surface area (Å²) in [7, 11) is 2.20. The van der Waals surface area contributed by atoms with Crippen LogP contribution < -0.4 is 4.90 Å². The van der Waals surface area contributed by atoms with Crippen LogP contribution in [0.2, 0.25) is 0 Å². The summed E-state index contributed by atoms with van der Waals surface area (Å²) in [6, 6.07) is 8.87. The molecular formula is C18H34N2. The summed E-state index contributed by atoms with van der Waals surface area (Å²) in [5.41, 5.74) is 2.96. The number of rotatable bonds is 3. The third kappa shape index (κ3) is 5.96. The van der Waals surface area contributed by atoms with Crippen molar-refractivity contribution >= 4 is 5.69 Å². The molecule has 1 aliphatic rings. The second-order valence-electron chi connectivity index (χ2n) is 4.67. The normalized spacial score (nSPS) is 14.8. The summed E-state index contributed by atoms with van der Waals surface area (Å²) in [6.07, 6.45) is 2.42. The third-order valence-electron chi connectivity index (χ3n) is 3.35. The van der Waals surface area contributed by atoms with Gasteiger partial charge in [0.25, 0.3) is 0 Å². The molecule has 1 aromatic rings. The summed E-state index contributed by atoms with van der Waals surface area (Å²) in [5, 5.41) is 0. The first-order valence-electron chi connectivity index (χ1n) is 8.32. The van der Waals surface area contributed by atoms with Gasteiger partial charge < -0.3 is 9.80 Å². The Balaban J connectivity index is 0.000000829. The van der Waals surface area contributed by atoms with Crippen molar-refractivity contribution in [2.75, 3.05) is 38.1 Å². The van der Waals surface area contributed by atoms with E-state index in [4.69, 9.17) is 0 Å². The lowest BCUT2D eigenvalue weighted by Gasteiger charge is -2.35. The first-order valence-corrected chi connectivity index (χ1v) is 8.32. The Kier molecular flexibility index (Phi) is 11.2. The van der Waals surface area contributed by atoms with Gasteiger partial charge in [0.2, 0.25) is 0 Å². The minimum absolute atomic E-state index is 1.16. The number of likely N-dealkylation sites (N-methyl/N-ethyl adjacent to an activating group) is 1. The summed E-state index contributed by atoms with van der Waals surface area (Å²) in [6.45, 7) is 14.9. The van der Waals surface area contributed by atoms with Crippen molar-refractivity contribution in [2.24, 2.45) is 0 Å². The minimum Gasteiger partial charge on any atom is -0.369 e. The van der Waals surface area contributed by atoms with Crippen LogP contribution in [-0.4, -0.2) is 38.1 Å². The lowest BCUT2D eigenvalue weighted by Crippen LogP contribution is -2.44. The van der Waals surface area contributed by atoms with Crippen LogP contribution in [0.1, 0.15) is 46.6 Å². The van der Waals surface area contributed by atoms with E-state index in [1.807, 2.05) is 27.7 Å². The van der Waals surface area contributed by atoms with Crippen LogP contribution in [0.5, 0.6) is 0 Å². The Morgan fingerprint density at radius 2 is 1.45 bits per heavy atom. The fourth-order valence-electron chi connectivity index (χ4n) is 2.35. The van der Waals surface area contributed by atoms with Gasteiger partial charge in [0.15, 0.2) is 0 Å². The molecule has 0 saturated carbocycles. The zero-order valence-corrected chi connectivity index (χ0v) is 14.4. The Morgan fingerprint density at radius 3 is 2.00 bits per heavy atom. The molecule has 0 spiro atoms. The lowest BCUT2D eigenvalue weighted by molar-refractivity contribution is 0.312. The fourth-order valence-corrected chi connectivity index (χ4v) is 2.35. The van der Waals surface area contributed by atoms with E-state index in [1.54, 1.807) is 0 Å². The molecular weight excluding hydrogens is 244 g/mol. The number of benzene rings is 1. The molecule has 0 amide bonds. The Hall–Kier alpha value is -1.02. The van der Waals surface area contributed by atoms with Gasteiger partial charge >= 0.3 is 0 Å². The summed E-state index contributed by atoms with van der Waals surface area (Å²) < 4.78 is 0. The minimum atomic E-state index is 1.16. The predicted octanol–water partition coefficient (Wildman–Crippen LogP) is 4.44. The molecule has 0 bridgehead atoms. The van der Waals surface area contributed by atoms with E-state index in [1.165, 1.54) is 37.2 Å². The molecule has 1 aliphatic heterocycles. The number of nitrogens with zero attached hydrogens (tertiary/aromatic N) is 2. The van der Waals surface area contributed by atoms with Gasteiger partial charge in [-0.2, -0.15) is 0 Å². The van der Waals surface area contributed by atoms with Gasteiger partial charge in [-0.1, -0.05) is 59.2 Å². The molecule has 0 aromatic heterocycles. The average Bonchev–Trinajstić information content (AvgIpc) is 2.53. The van der Waals surface area contributed by atoms with Crippen LogP contribution in [0.25, 0.3) is 0 Å². The smallest absolute Gasteiger partial charge is 0.0399 e.